The monoisotopic (exact) mass is 367 g/mol. The molecule has 0 spiro atoms. The van der Waals surface area contributed by atoms with Crippen molar-refractivity contribution in [2.75, 3.05) is 5.75 Å². The highest BCUT2D eigenvalue weighted by molar-refractivity contribution is 7.99. The number of urea groups is 1. The number of aromatic nitrogens is 3. The predicted molar refractivity (Wildman–Crippen MR) is 94.0 cm³/mol. The van der Waals surface area contributed by atoms with Gasteiger partial charge in [-0.25, -0.2) is 4.79 Å². The van der Waals surface area contributed by atoms with Crippen molar-refractivity contribution in [3.8, 4) is 11.4 Å². The third-order valence-electron chi connectivity index (χ3n) is 2.95. The first-order valence-electron chi connectivity index (χ1n) is 7.26. The minimum Gasteiger partial charge on any atom is -0.336 e. The van der Waals surface area contributed by atoms with E-state index in [4.69, 9.17) is 11.6 Å². The maximum Gasteiger partial charge on any atom is 0.321 e. The summed E-state index contributed by atoms with van der Waals surface area (Å²) in [4.78, 5) is 23.2. The summed E-state index contributed by atoms with van der Waals surface area (Å²) in [6.45, 7) is 3.63. The van der Waals surface area contributed by atoms with E-state index in [1.165, 1.54) is 11.8 Å². The number of carbonyl (C=O) groups excluding carboxylic acids is 2. The summed E-state index contributed by atoms with van der Waals surface area (Å²) in [6, 6.07) is 6.78. The maximum absolute atomic E-state index is 11.8. The van der Waals surface area contributed by atoms with Gasteiger partial charge in [0.25, 0.3) is 0 Å². The van der Waals surface area contributed by atoms with Gasteiger partial charge in [0.2, 0.25) is 5.91 Å². The van der Waals surface area contributed by atoms with Crippen LogP contribution in [0.2, 0.25) is 5.02 Å². The van der Waals surface area contributed by atoms with Crippen molar-refractivity contribution in [1.82, 2.24) is 25.4 Å². The van der Waals surface area contributed by atoms with Gasteiger partial charge in [-0.1, -0.05) is 35.5 Å². The average Bonchev–Trinajstić information content (AvgIpc) is 2.85. The second-order valence-corrected chi connectivity index (χ2v) is 6.66. The van der Waals surface area contributed by atoms with E-state index in [2.05, 4.69) is 20.8 Å². The van der Waals surface area contributed by atoms with Crippen LogP contribution in [0.5, 0.6) is 0 Å². The Morgan fingerprint density at radius 3 is 2.67 bits per heavy atom. The van der Waals surface area contributed by atoms with Gasteiger partial charge in [-0.15, -0.1) is 10.2 Å². The van der Waals surface area contributed by atoms with Gasteiger partial charge < -0.3 is 9.88 Å². The maximum atomic E-state index is 11.8. The van der Waals surface area contributed by atoms with Crippen LogP contribution < -0.4 is 10.6 Å². The summed E-state index contributed by atoms with van der Waals surface area (Å²) >= 11 is 7.36. The zero-order valence-electron chi connectivity index (χ0n) is 13.5. The fraction of sp³-hybridized carbons (Fsp3) is 0.333. The molecular weight excluding hydrogens is 350 g/mol. The summed E-state index contributed by atoms with van der Waals surface area (Å²) in [5.74, 6) is 0.265. The summed E-state index contributed by atoms with van der Waals surface area (Å²) in [6.07, 6.45) is 0. The van der Waals surface area contributed by atoms with Crippen LogP contribution in [0.4, 0.5) is 4.79 Å². The van der Waals surface area contributed by atoms with E-state index in [-0.39, 0.29) is 11.8 Å². The molecule has 2 aromatic rings. The quantitative estimate of drug-likeness (QED) is 0.792. The Morgan fingerprint density at radius 2 is 2.00 bits per heavy atom. The Labute approximate surface area is 149 Å². The van der Waals surface area contributed by atoms with Crippen LogP contribution in [0.1, 0.15) is 13.8 Å². The number of thioether (sulfide) groups is 1. The Morgan fingerprint density at radius 1 is 1.29 bits per heavy atom. The minimum atomic E-state index is -0.509. The van der Waals surface area contributed by atoms with Crippen LogP contribution in [0.25, 0.3) is 11.4 Å². The molecule has 0 fully saturated rings. The zero-order chi connectivity index (χ0) is 17.7. The van der Waals surface area contributed by atoms with Crippen molar-refractivity contribution >= 4 is 35.3 Å². The molecule has 0 aliphatic rings. The molecule has 128 valence electrons. The molecule has 0 saturated heterocycles. The number of imide groups is 1. The first-order chi connectivity index (χ1) is 11.4. The number of nitrogens with zero attached hydrogens (tertiary/aromatic N) is 3. The Kier molecular flexibility index (Phi) is 6.22. The number of rotatable bonds is 5. The van der Waals surface area contributed by atoms with Gasteiger partial charge in [-0.05, 0) is 26.0 Å². The van der Waals surface area contributed by atoms with Crippen LogP contribution in [0.15, 0.2) is 29.4 Å². The van der Waals surface area contributed by atoms with Crippen LogP contribution in [0, 0.1) is 0 Å². The Hall–Kier alpha value is -2.06. The summed E-state index contributed by atoms with van der Waals surface area (Å²) < 4.78 is 1.76. The molecule has 7 nitrogen and oxygen atoms in total. The number of amides is 3. The van der Waals surface area contributed by atoms with E-state index in [0.29, 0.717) is 16.0 Å². The molecule has 0 aliphatic carbocycles. The predicted octanol–water partition coefficient (Wildman–Crippen LogP) is 2.46. The highest BCUT2D eigenvalue weighted by Crippen LogP contribution is 2.28. The number of benzene rings is 1. The average molecular weight is 368 g/mol. The molecule has 3 amide bonds. The molecule has 1 aromatic carbocycles. The van der Waals surface area contributed by atoms with Crippen molar-refractivity contribution in [2.45, 2.75) is 25.0 Å². The van der Waals surface area contributed by atoms with Gasteiger partial charge in [0.1, 0.15) is 0 Å². The second kappa shape index (κ2) is 8.16. The Bertz CT molecular complexity index is 747. The molecule has 1 heterocycles. The fourth-order valence-electron chi connectivity index (χ4n) is 1.91. The van der Waals surface area contributed by atoms with Gasteiger partial charge in [0.15, 0.2) is 11.0 Å². The molecule has 0 aliphatic heterocycles. The highest BCUT2D eigenvalue weighted by Gasteiger charge is 2.15. The van der Waals surface area contributed by atoms with Gasteiger partial charge in [-0.2, -0.15) is 0 Å². The summed E-state index contributed by atoms with van der Waals surface area (Å²) in [5, 5.41) is 14.2. The summed E-state index contributed by atoms with van der Waals surface area (Å²) in [7, 11) is 1.80. The van der Waals surface area contributed by atoms with Gasteiger partial charge in [0.05, 0.1) is 10.8 Å². The van der Waals surface area contributed by atoms with E-state index in [1.807, 2.05) is 32.0 Å². The number of hydrogen-bond acceptors (Lipinski definition) is 5. The zero-order valence-corrected chi connectivity index (χ0v) is 15.1. The molecule has 0 saturated carbocycles. The smallest absolute Gasteiger partial charge is 0.321 e. The van der Waals surface area contributed by atoms with Crippen LogP contribution in [0.3, 0.4) is 0 Å². The van der Waals surface area contributed by atoms with E-state index in [0.717, 1.165) is 5.56 Å². The SMILES string of the molecule is CC(C)NC(=O)NC(=O)CSc1nnc(-c2ccccc2Cl)n1C. The van der Waals surface area contributed by atoms with E-state index < -0.39 is 11.9 Å². The van der Waals surface area contributed by atoms with Crippen LogP contribution >= 0.6 is 23.4 Å². The Balaban J connectivity index is 1.99. The van der Waals surface area contributed by atoms with E-state index in [9.17, 15) is 9.59 Å². The van der Waals surface area contributed by atoms with Gasteiger partial charge in [-0.3, -0.25) is 10.1 Å². The fourth-order valence-corrected chi connectivity index (χ4v) is 2.84. The number of hydrogen-bond donors (Lipinski definition) is 2. The third kappa shape index (κ3) is 4.72. The molecule has 1 aromatic heterocycles. The van der Waals surface area contributed by atoms with Crippen molar-refractivity contribution in [2.24, 2.45) is 7.05 Å². The first-order valence-corrected chi connectivity index (χ1v) is 8.62. The standard InChI is InChI=1S/C15H18ClN5O2S/c1-9(2)17-14(23)18-12(22)8-24-15-20-19-13(21(15)3)10-6-4-5-7-11(10)16/h4-7,9H,8H2,1-3H3,(H2,17,18,22,23). The molecule has 0 radical (unpaired) electrons. The largest absolute Gasteiger partial charge is 0.336 e. The first kappa shape index (κ1) is 18.3. The molecule has 0 atom stereocenters. The molecule has 9 heteroatoms. The van der Waals surface area contributed by atoms with Gasteiger partial charge in [0, 0.05) is 18.7 Å². The van der Waals surface area contributed by atoms with E-state index >= 15 is 0 Å². The minimum absolute atomic E-state index is 0.0395. The molecule has 2 rings (SSSR count). The molecule has 0 bridgehead atoms. The lowest BCUT2D eigenvalue weighted by Gasteiger charge is -2.09. The van der Waals surface area contributed by atoms with Crippen molar-refractivity contribution < 1.29 is 9.59 Å². The third-order valence-corrected chi connectivity index (χ3v) is 4.30. The normalized spacial score (nSPS) is 10.7. The van der Waals surface area contributed by atoms with Crippen molar-refractivity contribution in [3.63, 3.8) is 0 Å². The van der Waals surface area contributed by atoms with Crippen molar-refractivity contribution in [1.29, 1.82) is 0 Å². The molecular formula is C15H18ClN5O2S. The van der Waals surface area contributed by atoms with E-state index in [1.54, 1.807) is 17.7 Å². The molecule has 0 unspecified atom stereocenters. The second-order valence-electron chi connectivity index (χ2n) is 5.31. The topological polar surface area (TPSA) is 88.9 Å². The van der Waals surface area contributed by atoms with Crippen LogP contribution in [-0.2, 0) is 11.8 Å². The number of nitrogens with one attached hydrogen (secondary N) is 2. The lowest BCUT2D eigenvalue weighted by atomic mass is 10.2. The molecule has 24 heavy (non-hydrogen) atoms. The van der Waals surface area contributed by atoms with Crippen molar-refractivity contribution in [3.05, 3.63) is 29.3 Å². The molecule has 2 N–H and O–H groups in total. The lowest BCUT2D eigenvalue weighted by Crippen LogP contribution is -2.43. The van der Waals surface area contributed by atoms with Crippen LogP contribution in [-0.4, -0.2) is 38.5 Å². The number of halogens is 1. The summed E-state index contributed by atoms with van der Waals surface area (Å²) in [5.41, 5.74) is 0.766. The number of carbonyl (C=O) groups is 2. The van der Waals surface area contributed by atoms with Gasteiger partial charge >= 0.3 is 6.03 Å². The highest BCUT2D eigenvalue weighted by atomic mass is 35.5. The lowest BCUT2D eigenvalue weighted by molar-refractivity contribution is -0.117.